The molecule has 0 aliphatic carbocycles. The second kappa shape index (κ2) is 5.87. The second-order valence-corrected chi connectivity index (χ2v) is 5.81. The molecule has 0 aromatic carbocycles. The molecule has 2 rings (SSSR count). The molecule has 1 fully saturated rings. The van der Waals surface area contributed by atoms with Crippen molar-refractivity contribution in [2.45, 2.75) is 39.5 Å². The minimum atomic E-state index is 0.444. The third-order valence-electron chi connectivity index (χ3n) is 3.47. The number of piperidine rings is 1. The van der Waals surface area contributed by atoms with Gasteiger partial charge in [-0.25, -0.2) is 9.97 Å². The van der Waals surface area contributed by atoms with E-state index in [0.717, 1.165) is 36.3 Å². The fourth-order valence-corrected chi connectivity index (χ4v) is 2.64. The highest BCUT2D eigenvalue weighted by molar-refractivity contribution is 6.18. The van der Waals surface area contributed by atoms with E-state index in [4.69, 9.17) is 16.6 Å². The molecule has 0 amide bonds. The zero-order valence-electron chi connectivity index (χ0n) is 11.5. The van der Waals surface area contributed by atoms with Crippen LogP contribution in [0, 0.1) is 12.8 Å². The second-order valence-electron chi connectivity index (χ2n) is 5.50. The lowest BCUT2D eigenvalue weighted by Crippen LogP contribution is -2.37. The summed E-state index contributed by atoms with van der Waals surface area (Å²) in [5, 5.41) is 0. The largest absolute Gasteiger partial charge is 0.340 e. The first-order chi connectivity index (χ1) is 8.60. The van der Waals surface area contributed by atoms with Crippen molar-refractivity contribution in [3.05, 3.63) is 17.5 Å². The predicted molar refractivity (Wildman–Crippen MR) is 76.5 cm³/mol. The Morgan fingerprint density at radius 3 is 2.89 bits per heavy atom. The lowest BCUT2D eigenvalue weighted by Gasteiger charge is -2.32. The van der Waals surface area contributed by atoms with E-state index in [1.54, 1.807) is 0 Å². The topological polar surface area (TPSA) is 29.0 Å². The van der Waals surface area contributed by atoms with Gasteiger partial charge < -0.3 is 4.90 Å². The van der Waals surface area contributed by atoms with Gasteiger partial charge in [-0.1, -0.05) is 13.8 Å². The van der Waals surface area contributed by atoms with Crippen LogP contribution in [0.2, 0.25) is 0 Å². The van der Waals surface area contributed by atoms with Gasteiger partial charge in [0, 0.05) is 30.4 Å². The number of anilines is 1. The molecule has 0 N–H and O–H groups in total. The first kappa shape index (κ1) is 13.6. The number of alkyl halides is 1. The molecule has 1 atom stereocenters. The number of halogens is 1. The average molecular weight is 268 g/mol. The van der Waals surface area contributed by atoms with Crippen molar-refractivity contribution in [3.8, 4) is 0 Å². The summed E-state index contributed by atoms with van der Waals surface area (Å²) in [5.41, 5.74) is 2.18. The molecule has 4 heteroatoms. The molecule has 1 saturated heterocycles. The summed E-state index contributed by atoms with van der Waals surface area (Å²) in [5.74, 6) is 2.64. The average Bonchev–Trinajstić information content (AvgIpc) is 2.38. The molecule has 0 bridgehead atoms. The van der Waals surface area contributed by atoms with E-state index in [9.17, 15) is 0 Å². The van der Waals surface area contributed by atoms with Crippen molar-refractivity contribution in [1.82, 2.24) is 9.97 Å². The zero-order chi connectivity index (χ0) is 13.1. The van der Waals surface area contributed by atoms with Gasteiger partial charge in [-0.05, 0) is 37.7 Å². The van der Waals surface area contributed by atoms with E-state index < -0.39 is 0 Å². The summed E-state index contributed by atoms with van der Waals surface area (Å²) < 4.78 is 0. The quantitative estimate of drug-likeness (QED) is 0.787. The third-order valence-corrected chi connectivity index (χ3v) is 3.91. The molecular formula is C14H22ClN3. The Bertz CT molecular complexity index is 406. The van der Waals surface area contributed by atoms with Gasteiger partial charge in [0.2, 0.25) is 5.95 Å². The minimum Gasteiger partial charge on any atom is -0.340 e. The summed E-state index contributed by atoms with van der Waals surface area (Å²) in [6.07, 6.45) is 2.41. The number of rotatable bonds is 3. The van der Waals surface area contributed by atoms with Crippen molar-refractivity contribution >= 4 is 17.5 Å². The Morgan fingerprint density at radius 1 is 1.44 bits per heavy atom. The van der Waals surface area contributed by atoms with E-state index in [2.05, 4.69) is 29.8 Å². The van der Waals surface area contributed by atoms with Crippen LogP contribution in [0.15, 0.2) is 6.07 Å². The molecule has 0 saturated carbocycles. The SMILES string of the molecule is Cc1cc(C(C)C)nc(N2CCCC(CCl)C2)n1. The van der Waals surface area contributed by atoms with E-state index in [1.165, 1.54) is 12.8 Å². The molecule has 2 heterocycles. The fraction of sp³-hybridized carbons (Fsp3) is 0.714. The summed E-state index contributed by atoms with van der Waals surface area (Å²) in [7, 11) is 0. The first-order valence-corrected chi connectivity index (χ1v) is 7.30. The van der Waals surface area contributed by atoms with E-state index in [-0.39, 0.29) is 0 Å². The highest BCUT2D eigenvalue weighted by Crippen LogP contribution is 2.23. The molecule has 1 aromatic heterocycles. The maximum Gasteiger partial charge on any atom is 0.225 e. The standard InChI is InChI=1S/C14H22ClN3/c1-10(2)13-7-11(3)16-14(17-13)18-6-4-5-12(8-15)9-18/h7,10,12H,4-6,8-9H2,1-3H3. The molecule has 100 valence electrons. The lowest BCUT2D eigenvalue weighted by atomic mass is 10.0. The Labute approximate surface area is 115 Å². The molecule has 1 aliphatic heterocycles. The molecule has 1 aliphatic rings. The molecule has 0 radical (unpaired) electrons. The zero-order valence-corrected chi connectivity index (χ0v) is 12.2. The molecule has 0 spiro atoms. The molecule has 1 unspecified atom stereocenters. The first-order valence-electron chi connectivity index (χ1n) is 6.76. The van der Waals surface area contributed by atoms with Gasteiger partial charge in [-0.2, -0.15) is 0 Å². The van der Waals surface area contributed by atoms with Crippen molar-refractivity contribution in [3.63, 3.8) is 0 Å². The molecule has 18 heavy (non-hydrogen) atoms. The van der Waals surface area contributed by atoms with Gasteiger partial charge in [-0.15, -0.1) is 11.6 Å². The Balaban J connectivity index is 2.21. The fourth-order valence-electron chi connectivity index (χ4n) is 2.39. The van der Waals surface area contributed by atoms with Gasteiger partial charge in [0.15, 0.2) is 0 Å². The smallest absolute Gasteiger partial charge is 0.225 e. The summed E-state index contributed by atoms with van der Waals surface area (Å²) in [6, 6.07) is 2.08. The minimum absolute atomic E-state index is 0.444. The van der Waals surface area contributed by atoms with Crippen LogP contribution in [0.5, 0.6) is 0 Å². The Hall–Kier alpha value is -0.830. The monoisotopic (exact) mass is 267 g/mol. The maximum absolute atomic E-state index is 5.98. The van der Waals surface area contributed by atoms with Crippen molar-refractivity contribution in [2.24, 2.45) is 5.92 Å². The van der Waals surface area contributed by atoms with Gasteiger partial charge >= 0.3 is 0 Å². The van der Waals surface area contributed by atoms with Gasteiger partial charge in [0.05, 0.1) is 0 Å². The number of hydrogen-bond donors (Lipinski definition) is 0. The maximum atomic E-state index is 5.98. The molecule has 1 aromatic rings. The van der Waals surface area contributed by atoms with Crippen LogP contribution in [-0.4, -0.2) is 28.9 Å². The summed E-state index contributed by atoms with van der Waals surface area (Å²) in [6.45, 7) is 8.42. The van der Waals surface area contributed by atoms with Crippen LogP contribution in [0.1, 0.15) is 44.0 Å². The van der Waals surface area contributed by atoms with Gasteiger partial charge in [-0.3, -0.25) is 0 Å². The third kappa shape index (κ3) is 3.14. The van der Waals surface area contributed by atoms with E-state index in [1.807, 2.05) is 6.92 Å². The molecular weight excluding hydrogens is 246 g/mol. The highest BCUT2D eigenvalue weighted by atomic mass is 35.5. The summed E-state index contributed by atoms with van der Waals surface area (Å²) in [4.78, 5) is 11.6. The Morgan fingerprint density at radius 2 is 2.22 bits per heavy atom. The highest BCUT2D eigenvalue weighted by Gasteiger charge is 2.21. The number of nitrogens with zero attached hydrogens (tertiary/aromatic N) is 3. The number of aryl methyl sites for hydroxylation is 1. The van der Waals surface area contributed by atoms with Crippen LogP contribution < -0.4 is 4.90 Å². The normalized spacial score (nSPS) is 20.5. The van der Waals surface area contributed by atoms with Gasteiger partial charge in [0.25, 0.3) is 0 Å². The lowest BCUT2D eigenvalue weighted by molar-refractivity contribution is 0.445. The number of hydrogen-bond acceptors (Lipinski definition) is 3. The van der Waals surface area contributed by atoms with Gasteiger partial charge in [0.1, 0.15) is 0 Å². The Kier molecular flexibility index (Phi) is 4.44. The van der Waals surface area contributed by atoms with E-state index >= 15 is 0 Å². The van der Waals surface area contributed by atoms with Crippen molar-refractivity contribution in [1.29, 1.82) is 0 Å². The summed E-state index contributed by atoms with van der Waals surface area (Å²) >= 11 is 5.98. The van der Waals surface area contributed by atoms with E-state index in [0.29, 0.717) is 11.8 Å². The van der Waals surface area contributed by atoms with Crippen LogP contribution in [0.25, 0.3) is 0 Å². The molecule has 3 nitrogen and oxygen atoms in total. The predicted octanol–water partition coefficient (Wildman–Crippen LogP) is 3.36. The van der Waals surface area contributed by atoms with Crippen LogP contribution >= 0.6 is 11.6 Å². The van der Waals surface area contributed by atoms with Crippen molar-refractivity contribution < 1.29 is 0 Å². The van der Waals surface area contributed by atoms with Crippen LogP contribution in [0.4, 0.5) is 5.95 Å². The van der Waals surface area contributed by atoms with Crippen molar-refractivity contribution in [2.75, 3.05) is 23.9 Å². The van der Waals surface area contributed by atoms with Crippen LogP contribution in [0.3, 0.4) is 0 Å². The van der Waals surface area contributed by atoms with Crippen LogP contribution in [-0.2, 0) is 0 Å². The number of aromatic nitrogens is 2.